The molecule has 1 aliphatic rings. The minimum Gasteiger partial charge on any atom is -0.396 e. The van der Waals surface area contributed by atoms with E-state index >= 15 is 0 Å². The van der Waals surface area contributed by atoms with Crippen molar-refractivity contribution < 1.29 is 9.90 Å². The maximum absolute atomic E-state index is 11.7. The number of nitrogens with zero attached hydrogens (tertiary/aromatic N) is 2. The number of hydrogen-bond donors (Lipinski definition) is 1. The Bertz CT molecular complexity index is 425. The molecule has 1 unspecified atom stereocenters. The van der Waals surface area contributed by atoms with Crippen LogP contribution in [0.1, 0.15) is 6.42 Å². The lowest BCUT2D eigenvalue weighted by Crippen LogP contribution is -2.25. The number of hydrogen-bond acceptors (Lipinski definition) is 3. The van der Waals surface area contributed by atoms with Crippen LogP contribution < -0.4 is 4.90 Å². The average molecular weight is 261 g/mol. The number of halogens is 2. The summed E-state index contributed by atoms with van der Waals surface area (Å²) in [4.78, 5) is 17.1. The number of carbonyl (C=O) groups is 1. The molecule has 6 heteroatoms. The second-order valence-electron chi connectivity index (χ2n) is 3.72. The van der Waals surface area contributed by atoms with E-state index in [1.54, 1.807) is 6.07 Å². The Balaban J connectivity index is 2.30. The predicted molar refractivity (Wildman–Crippen MR) is 61.8 cm³/mol. The molecule has 0 aliphatic carbocycles. The van der Waals surface area contributed by atoms with Gasteiger partial charge < -0.3 is 10.0 Å². The number of anilines is 1. The van der Waals surface area contributed by atoms with E-state index in [1.165, 1.54) is 11.1 Å². The summed E-state index contributed by atoms with van der Waals surface area (Å²) in [5.41, 5.74) is 0.509. The van der Waals surface area contributed by atoms with E-state index < -0.39 is 0 Å². The van der Waals surface area contributed by atoms with Gasteiger partial charge in [-0.2, -0.15) is 0 Å². The van der Waals surface area contributed by atoms with Crippen LogP contribution in [0.4, 0.5) is 5.69 Å². The quantitative estimate of drug-likeness (QED) is 0.825. The Hall–Kier alpha value is -0.840. The maximum atomic E-state index is 11.7. The van der Waals surface area contributed by atoms with Gasteiger partial charge in [-0.15, -0.1) is 0 Å². The summed E-state index contributed by atoms with van der Waals surface area (Å²) in [6.45, 7) is 0.449. The molecule has 0 saturated carbocycles. The summed E-state index contributed by atoms with van der Waals surface area (Å²) < 4.78 is 0. The van der Waals surface area contributed by atoms with Gasteiger partial charge in [-0.3, -0.25) is 4.79 Å². The first-order valence-electron chi connectivity index (χ1n) is 4.84. The zero-order valence-electron chi connectivity index (χ0n) is 8.36. The van der Waals surface area contributed by atoms with Crippen molar-refractivity contribution in [1.82, 2.24) is 4.98 Å². The highest BCUT2D eigenvalue weighted by Crippen LogP contribution is 2.31. The lowest BCUT2D eigenvalue weighted by molar-refractivity contribution is -0.117. The van der Waals surface area contributed by atoms with Crippen molar-refractivity contribution in [1.29, 1.82) is 0 Å². The smallest absolute Gasteiger partial charge is 0.227 e. The lowest BCUT2D eigenvalue weighted by Gasteiger charge is -2.17. The van der Waals surface area contributed by atoms with Gasteiger partial charge in [-0.25, -0.2) is 4.98 Å². The van der Waals surface area contributed by atoms with Crippen LogP contribution in [0.3, 0.4) is 0 Å². The highest BCUT2D eigenvalue weighted by molar-refractivity contribution is 6.34. The van der Waals surface area contributed by atoms with E-state index in [9.17, 15) is 4.79 Å². The molecule has 1 atom stereocenters. The molecule has 1 aromatic rings. The second kappa shape index (κ2) is 4.57. The monoisotopic (exact) mass is 260 g/mol. The fourth-order valence-corrected chi connectivity index (χ4v) is 2.10. The molecular weight excluding hydrogens is 251 g/mol. The number of aliphatic hydroxyl groups excluding tert-OH is 1. The summed E-state index contributed by atoms with van der Waals surface area (Å²) >= 11 is 11.7. The number of pyridine rings is 1. The molecule has 16 heavy (non-hydrogen) atoms. The molecule has 0 bridgehead atoms. The molecular formula is C10H10Cl2N2O2. The van der Waals surface area contributed by atoms with Gasteiger partial charge in [0.05, 0.1) is 10.7 Å². The van der Waals surface area contributed by atoms with Crippen molar-refractivity contribution in [2.45, 2.75) is 6.42 Å². The number of amides is 1. The number of aliphatic hydroxyl groups is 1. The maximum Gasteiger partial charge on any atom is 0.227 e. The lowest BCUT2D eigenvalue weighted by atomic mass is 10.1. The van der Waals surface area contributed by atoms with Crippen molar-refractivity contribution in [3.63, 3.8) is 0 Å². The van der Waals surface area contributed by atoms with Gasteiger partial charge in [-0.05, 0) is 6.07 Å². The molecule has 0 radical (unpaired) electrons. The van der Waals surface area contributed by atoms with E-state index in [0.29, 0.717) is 23.7 Å². The number of rotatable bonds is 2. The molecule has 1 amide bonds. The largest absolute Gasteiger partial charge is 0.396 e. The van der Waals surface area contributed by atoms with Crippen molar-refractivity contribution in [3.8, 4) is 0 Å². The molecule has 1 N–H and O–H groups in total. The van der Waals surface area contributed by atoms with Crippen LogP contribution >= 0.6 is 23.2 Å². The van der Waals surface area contributed by atoms with Crippen molar-refractivity contribution >= 4 is 34.8 Å². The van der Waals surface area contributed by atoms with Crippen LogP contribution in [0.15, 0.2) is 12.3 Å². The van der Waals surface area contributed by atoms with Gasteiger partial charge in [0.1, 0.15) is 0 Å². The molecule has 1 aromatic heterocycles. The van der Waals surface area contributed by atoms with Crippen molar-refractivity contribution in [3.05, 3.63) is 22.4 Å². The molecule has 0 aromatic carbocycles. The Morgan fingerprint density at radius 2 is 2.31 bits per heavy atom. The molecule has 1 saturated heterocycles. The van der Waals surface area contributed by atoms with Crippen molar-refractivity contribution in [2.75, 3.05) is 18.1 Å². The number of carbonyl (C=O) groups excluding carboxylic acids is 1. The predicted octanol–water partition coefficient (Wildman–Crippen LogP) is 1.73. The first-order valence-corrected chi connectivity index (χ1v) is 5.59. The Kier molecular flexibility index (Phi) is 3.33. The van der Waals surface area contributed by atoms with Crippen molar-refractivity contribution in [2.24, 2.45) is 5.92 Å². The van der Waals surface area contributed by atoms with Crippen LogP contribution in [0.25, 0.3) is 0 Å². The van der Waals surface area contributed by atoms with Crippen LogP contribution in [-0.4, -0.2) is 29.1 Å². The summed E-state index contributed by atoms with van der Waals surface area (Å²) in [7, 11) is 0. The van der Waals surface area contributed by atoms with E-state index in [2.05, 4.69) is 4.98 Å². The minimum atomic E-state index is -0.0648. The molecule has 2 rings (SSSR count). The zero-order valence-corrected chi connectivity index (χ0v) is 9.87. The molecule has 0 spiro atoms. The normalized spacial score (nSPS) is 20.6. The second-order valence-corrected chi connectivity index (χ2v) is 4.51. The first-order chi connectivity index (χ1) is 7.61. The van der Waals surface area contributed by atoms with E-state index in [-0.39, 0.29) is 23.6 Å². The third kappa shape index (κ3) is 2.14. The van der Waals surface area contributed by atoms with Gasteiger partial charge >= 0.3 is 0 Å². The number of aromatic nitrogens is 1. The fraction of sp³-hybridized carbons (Fsp3) is 0.400. The van der Waals surface area contributed by atoms with Crippen LogP contribution in [0, 0.1) is 5.92 Å². The summed E-state index contributed by atoms with van der Waals surface area (Å²) in [5.74, 6) is -0.104. The van der Waals surface area contributed by atoms with Crippen LogP contribution in [0.2, 0.25) is 10.2 Å². The van der Waals surface area contributed by atoms with E-state index in [0.717, 1.165) is 0 Å². The molecule has 1 fully saturated rings. The fourth-order valence-electron chi connectivity index (χ4n) is 1.74. The molecule has 4 nitrogen and oxygen atoms in total. The average Bonchev–Trinajstić information content (AvgIpc) is 2.63. The molecule has 86 valence electrons. The Labute approximate surface area is 103 Å². The Morgan fingerprint density at radius 1 is 1.56 bits per heavy atom. The third-order valence-corrected chi connectivity index (χ3v) is 3.04. The van der Waals surface area contributed by atoms with Gasteiger partial charge in [0.2, 0.25) is 5.91 Å². The zero-order chi connectivity index (χ0) is 11.7. The standard InChI is InChI=1S/C10H10Cl2N2O2/c11-7-2-8(10(12)13-3-7)14-4-6(5-15)1-9(14)16/h2-3,6,15H,1,4-5H2. The third-order valence-electron chi connectivity index (χ3n) is 2.54. The minimum absolute atomic E-state index is 0.00610. The van der Waals surface area contributed by atoms with Gasteiger partial charge in [0.25, 0.3) is 0 Å². The Morgan fingerprint density at radius 3 is 2.94 bits per heavy atom. The topological polar surface area (TPSA) is 53.4 Å². The highest BCUT2D eigenvalue weighted by atomic mass is 35.5. The van der Waals surface area contributed by atoms with E-state index in [4.69, 9.17) is 28.3 Å². The molecule has 1 aliphatic heterocycles. The van der Waals surface area contributed by atoms with Gasteiger partial charge in [-0.1, -0.05) is 23.2 Å². The SMILES string of the molecule is O=C1CC(CO)CN1c1cc(Cl)cnc1Cl. The van der Waals surface area contributed by atoms with Gasteiger partial charge in [0, 0.05) is 31.7 Å². The first kappa shape index (κ1) is 11.6. The summed E-state index contributed by atoms with van der Waals surface area (Å²) in [6, 6.07) is 1.61. The van der Waals surface area contributed by atoms with Crippen LogP contribution in [-0.2, 0) is 4.79 Å². The molecule has 2 heterocycles. The summed E-state index contributed by atoms with van der Waals surface area (Å²) in [5, 5.41) is 9.70. The highest BCUT2D eigenvalue weighted by Gasteiger charge is 2.31. The van der Waals surface area contributed by atoms with Gasteiger partial charge in [0.15, 0.2) is 5.15 Å². The van der Waals surface area contributed by atoms with Crippen LogP contribution in [0.5, 0.6) is 0 Å². The summed E-state index contributed by atoms with van der Waals surface area (Å²) in [6.07, 6.45) is 1.76. The van der Waals surface area contributed by atoms with E-state index in [1.807, 2.05) is 0 Å².